The van der Waals surface area contributed by atoms with Gasteiger partial charge in [-0.1, -0.05) is 29.3 Å². The number of pyridine rings is 1. The predicted octanol–water partition coefficient (Wildman–Crippen LogP) is 5.45. The van der Waals surface area contributed by atoms with E-state index in [-0.39, 0.29) is 24.8 Å². The minimum absolute atomic E-state index is 0.1000. The Bertz CT molecular complexity index is 1590. The molecule has 0 fully saturated rings. The molecule has 2 aromatic carbocycles. The van der Waals surface area contributed by atoms with E-state index in [0.29, 0.717) is 16.0 Å². The van der Waals surface area contributed by atoms with Crippen LogP contribution in [0.1, 0.15) is 0 Å². The Morgan fingerprint density at radius 1 is 1.09 bits per heavy atom. The summed E-state index contributed by atoms with van der Waals surface area (Å²) in [5.41, 5.74) is 0.278. The number of carbonyl (C=O) groups excluding carboxylic acids is 1. The number of hydrogen-bond donors (Lipinski definition) is 2. The molecule has 0 unspecified atom stereocenters. The number of aromatic nitrogens is 1. The highest BCUT2D eigenvalue weighted by Gasteiger charge is 2.20. The van der Waals surface area contributed by atoms with Crippen molar-refractivity contribution in [2.45, 2.75) is 9.10 Å². The van der Waals surface area contributed by atoms with E-state index in [1.165, 1.54) is 42.0 Å². The van der Waals surface area contributed by atoms with Crippen LogP contribution in [0.3, 0.4) is 0 Å². The number of urea groups is 1. The maximum absolute atomic E-state index is 13.1. The van der Waals surface area contributed by atoms with E-state index in [0.717, 1.165) is 28.8 Å². The molecule has 14 heteroatoms. The quantitative estimate of drug-likeness (QED) is 0.172. The average Bonchev–Trinajstić information content (AvgIpc) is 3.26. The van der Waals surface area contributed by atoms with Crippen LogP contribution in [0.5, 0.6) is 0 Å². The first kappa shape index (κ1) is 25.5. The fourth-order valence-electron chi connectivity index (χ4n) is 3.08. The Kier molecular flexibility index (Phi) is 7.71. The summed E-state index contributed by atoms with van der Waals surface area (Å²) in [5.74, 6) is 0. The van der Waals surface area contributed by atoms with Crippen molar-refractivity contribution >= 4 is 79.1 Å². The molecule has 0 spiro atoms. The minimum atomic E-state index is -4.08. The van der Waals surface area contributed by atoms with Gasteiger partial charge in [-0.05, 0) is 53.9 Å². The molecule has 0 saturated carbocycles. The smallest absolute Gasteiger partial charge is 0.307 e. The Balaban J connectivity index is 1.56. The zero-order valence-corrected chi connectivity index (χ0v) is 21.6. The summed E-state index contributed by atoms with van der Waals surface area (Å²) in [7, 11) is -2.70. The number of rotatable bonds is 7. The summed E-state index contributed by atoms with van der Waals surface area (Å²) in [5, 5.41) is 3.73. The first-order valence-corrected chi connectivity index (χ1v) is 13.4. The molecular formula is C21H15Cl2N3O6S3. The molecule has 0 atom stereocenters. The molecule has 0 saturated heterocycles. The van der Waals surface area contributed by atoms with E-state index < -0.39 is 16.1 Å². The van der Waals surface area contributed by atoms with E-state index >= 15 is 0 Å². The fraction of sp³-hybridized carbons (Fsp3) is 0.0476. The van der Waals surface area contributed by atoms with Gasteiger partial charge in [0.25, 0.3) is 15.6 Å². The summed E-state index contributed by atoms with van der Waals surface area (Å²) in [4.78, 5) is 30.6. The second kappa shape index (κ2) is 10.6. The number of thiophene rings is 1. The van der Waals surface area contributed by atoms with Gasteiger partial charge in [0.05, 0.1) is 34.2 Å². The van der Waals surface area contributed by atoms with Gasteiger partial charge in [-0.15, -0.1) is 11.3 Å². The molecule has 2 amide bonds. The van der Waals surface area contributed by atoms with E-state index in [2.05, 4.69) is 10.2 Å². The number of anilines is 1. The van der Waals surface area contributed by atoms with Gasteiger partial charge in [-0.2, -0.15) is 4.33 Å². The van der Waals surface area contributed by atoms with Crippen LogP contribution in [-0.4, -0.2) is 26.1 Å². The second-order valence-corrected chi connectivity index (χ2v) is 11.6. The van der Waals surface area contributed by atoms with Crippen LogP contribution in [0.2, 0.25) is 9.36 Å². The highest BCUT2D eigenvalue weighted by atomic mass is 35.5. The number of fused-ring (bicyclic) bond motifs is 1. The maximum atomic E-state index is 13.1. The molecule has 2 aromatic heterocycles. The largest absolute Gasteiger partial charge is 0.333 e. The number of nitrogens with zero attached hydrogens (tertiary/aromatic N) is 1. The van der Waals surface area contributed by atoms with Gasteiger partial charge in [0.15, 0.2) is 0 Å². The highest BCUT2D eigenvalue weighted by molar-refractivity contribution is 7.94. The lowest BCUT2D eigenvalue weighted by Crippen LogP contribution is -2.33. The number of hydrogen-bond acceptors (Lipinski definition) is 8. The topological polar surface area (TPSA) is 116 Å². The number of sulfonamides is 1. The van der Waals surface area contributed by atoms with E-state index in [1.54, 1.807) is 30.5 Å². The zero-order chi connectivity index (χ0) is 25.2. The lowest BCUT2D eigenvalue weighted by molar-refractivity contribution is -0.160. The van der Waals surface area contributed by atoms with Gasteiger partial charge in [0.2, 0.25) is 0 Å². The third-order valence-corrected chi connectivity index (χ3v) is 8.59. The van der Waals surface area contributed by atoms with Crippen molar-refractivity contribution in [3.8, 4) is 5.69 Å². The summed E-state index contributed by atoms with van der Waals surface area (Å²) in [6, 6.07) is 13.2. The average molecular weight is 572 g/mol. The highest BCUT2D eigenvalue weighted by Crippen LogP contribution is 2.27. The van der Waals surface area contributed by atoms with Crippen molar-refractivity contribution in [1.82, 2.24) is 9.29 Å². The van der Waals surface area contributed by atoms with Crippen LogP contribution in [0.15, 0.2) is 74.7 Å². The molecule has 0 bridgehead atoms. The van der Waals surface area contributed by atoms with Crippen molar-refractivity contribution < 1.29 is 22.4 Å². The third kappa shape index (κ3) is 5.81. The Morgan fingerprint density at radius 3 is 2.57 bits per heavy atom. The van der Waals surface area contributed by atoms with Gasteiger partial charge in [-0.3, -0.25) is 9.36 Å². The molecule has 0 radical (unpaired) electrons. The van der Waals surface area contributed by atoms with Crippen LogP contribution in [0.25, 0.3) is 16.5 Å². The molecule has 9 nitrogen and oxygen atoms in total. The minimum Gasteiger partial charge on any atom is -0.307 e. The molecule has 4 aromatic rings. The number of amides is 2. The lowest BCUT2D eigenvalue weighted by Gasteiger charge is -2.12. The van der Waals surface area contributed by atoms with Gasteiger partial charge < -0.3 is 5.32 Å². The molecule has 0 aliphatic rings. The van der Waals surface area contributed by atoms with Crippen molar-refractivity contribution in [1.29, 1.82) is 0 Å². The molecule has 4 rings (SSSR count). The van der Waals surface area contributed by atoms with Crippen LogP contribution >= 0.6 is 46.6 Å². The molecule has 2 N–H and O–H groups in total. The lowest BCUT2D eigenvalue weighted by atomic mass is 10.1. The normalized spacial score (nSPS) is 11.5. The molecule has 0 aliphatic carbocycles. The molecule has 0 aliphatic heterocycles. The van der Waals surface area contributed by atoms with Crippen molar-refractivity contribution in [3.63, 3.8) is 0 Å². The predicted molar refractivity (Wildman–Crippen MR) is 137 cm³/mol. The van der Waals surface area contributed by atoms with E-state index in [4.69, 9.17) is 27.5 Å². The third-order valence-electron chi connectivity index (χ3n) is 4.58. The van der Waals surface area contributed by atoms with Crippen LogP contribution in [0, 0.1) is 0 Å². The van der Waals surface area contributed by atoms with Crippen molar-refractivity contribution in [3.05, 3.63) is 80.5 Å². The monoisotopic (exact) mass is 571 g/mol. The van der Waals surface area contributed by atoms with Crippen molar-refractivity contribution in [2.75, 3.05) is 12.4 Å². The Morgan fingerprint density at radius 2 is 1.89 bits per heavy atom. The number of nitrogens with one attached hydrogen (secondary N) is 2. The molecule has 35 heavy (non-hydrogen) atoms. The number of carbonyl (C=O) groups is 1. The summed E-state index contributed by atoms with van der Waals surface area (Å²) in [6.45, 7) is 0. The van der Waals surface area contributed by atoms with E-state index in [9.17, 15) is 18.0 Å². The van der Waals surface area contributed by atoms with E-state index in [1.807, 2.05) is 4.72 Å². The summed E-state index contributed by atoms with van der Waals surface area (Å²) >= 11 is 13.9. The number of benzene rings is 2. The van der Waals surface area contributed by atoms with Gasteiger partial charge in [0.1, 0.15) is 4.21 Å². The molecule has 182 valence electrons. The number of halogens is 2. The zero-order valence-electron chi connectivity index (χ0n) is 17.7. The fourth-order valence-corrected chi connectivity index (χ4v) is 6.18. The van der Waals surface area contributed by atoms with Crippen LogP contribution in [0.4, 0.5) is 10.5 Å². The van der Waals surface area contributed by atoms with Gasteiger partial charge in [0, 0.05) is 22.2 Å². The second-order valence-electron chi connectivity index (χ2n) is 6.84. The summed E-state index contributed by atoms with van der Waals surface area (Å²) in [6.07, 6.45) is 1.59. The first-order chi connectivity index (χ1) is 16.7. The standard InChI is InChI=1S/C21H15Cl2N3O6S3/c1-31-32-34-14-4-2-12-8-9-26(20(27)15(12)11-14)17-5-3-13(10-16(17)22)24-21(28)25-35(29,30)19-7-6-18(23)33-19/h2-11H,1H3,(H2,24,25,28). The first-order valence-electron chi connectivity index (χ1n) is 9.60. The Hall–Kier alpha value is -2.58. The molecule has 2 heterocycles. The SMILES string of the molecule is COOSc1ccc2ccn(-c3ccc(NC(=O)NS(=O)(=O)c4ccc(Cl)s4)cc3Cl)c(=O)c2c1. The van der Waals surface area contributed by atoms with Crippen LogP contribution < -0.4 is 15.6 Å². The molecular weight excluding hydrogens is 557 g/mol. The maximum Gasteiger partial charge on any atom is 0.333 e. The van der Waals surface area contributed by atoms with Crippen molar-refractivity contribution in [2.24, 2.45) is 0 Å². The van der Waals surface area contributed by atoms with Gasteiger partial charge in [-0.25, -0.2) is 22.8 Å². The summed E-state index contributed by atoms with van der Waals surface area (Å²) < 4.78 is 32.8. The Labute approximate surface area is 217 Å². The van der Waals surface area contributed by atoms with Gasteiger partial charge >= 0.3 is 6.03 Å². The van der Waals surface area contributed by atoms with Crippen LogP contribution in [-0.2, 0) is 19.2 Å².